The first-order valence-corrected chi connectivity index (χ1v) is 8.91. The van der Waals surface area contributed by atoms with Crippen LogP contribution in [0.4, 0.5) is 0 Å². The molecule has 0 bridgehead atoms. The smallest absolute Gasteiger partial charge is 0.188 e. The fraction of sp³-hybridized carbons (Fsp3) is 0.632. The molecule has 3 N–H and O–H groups in total. The fourth-order valence-corrected chi connectivity index (χ4v) is 3.89. The summed E-state index contributed by atoms with van der Waals surface area (Å²) in [5.74, 6) is 2.36. The zero-order valence-corrected chi connectivity index (χ0v) is 16.9. The lowest BCUT2D eigenvalue weighted by atomic mass is 9.78. The van der Waals surface area contributed by atoms with Crippen molar-refractivity contribution >= 4 is 29.9 Å². The number of benzene rings is 1. The number of hydrogen-bond donors (Lipinski definition) is 2. The minimum absolute atomic E-state index is 0. The van der Waals surface area contributed by atoms with Gasteiger partial charge in [-0.2, -0.15) is 0 Å². The van der Waals surface area contributed by atoms with Crippen LogP contribution < -0.4 is 15.8 Å². The van der Waals surface area contributed by atoms with Crippen molar-refractivity contribution < 1.29 is 4.74 Å². The zero-order valence-electron chi connectivity index (χ0n) is 14.6. The van der Waals surface area contributed by atoms with Gasteiger partial charge in [0.2, 0.25) is 0 Å². The second-order valence-electron chi connectivity index (χ2n) is 7.07. The molecule has 0 heterocycles. The topological polar surface area (TPSA) is 59.6 Å². The highest BCUT2D eigenvalue weighted by molar-refractivity contribution is 14.0. The number of nitrogens with two attached hydrogens (primary N) is 1. The van der Waals surface area contributed by atoms with E-state index in [-0.39, 0.29) is 29.4 Å². The molecule has 0 aromatic heterocycles. The van der Waals surface area contributed by atoms with E-state index in [1.165, 1.54) is 37.7 Å². The first-order chi connectivity index (χ1) is 11.2. The Hall–Kier alpha value is -0.980. The van der Waals surface area contributed by atoms with Crippen molar-refractivity contribution in [2.45, 2.75) is 50.4 Å². The largest absolute Gasteiger partial charge is 0.496 e. The SMILES string of the molecule is COc1ccccc1C1(CN=C(N)NCC2CCC2)CCCC1.I. The third kappa shape index (κ3) is 4.35. The van der Waals surface area contributed by atoms with Crippen molar-refractivity contribution in [3.8, 4) is 5.75 Å². The Morgan fingerprint density at radius 3 is 2.58 bits per heavy atom. The maximum Gasteiger partial charge on any atom is 0.188 e. The number of nitrogens with zero attached hydrogens (tertiary/aromatic N) is 1. The average Bonchev–Trinajstić information content (AvgIpc) is 3.01. The van der Waals surface area contributed by atoms with E-state index in [2.05, 4.69) is 28.5 Å². The van der Waals surface area contributed by atoms with Gasteiger partial charge in [0.05, 0.1) is 13.7 Å². The molecule has 2 aliphatic carbocycles. The number of ether oxygens (including phenoxy) is 1. The van der Waals surface area contributed by atoms with Crippen LogP contribution in [0.3, 0.4) is 0 Å². The van der Waals surface area contributed by atoms with Crippen molar-refractivity contribution in [1.82, 2.24) is 5.32 Å². The monoisotopic (exact) mass is 443 g/mol. The van der Waals surface area contributed by atoms with Gasteiger partial charge in [-0.1, -0.05) is 37.5 Å². The second kappa shape index (κ2) is 8.92. The van der Waals surface area contributed by atoms with Crippen LogP contribution in [-0.2, 0) is 5.41 Å². The van der Waals surface area contributed by atoms with Gasteiger partial charge in [-0.15, -0.1) is 24.0 Å². The van der Waals surface area contributed by atoms with Gasteiger partial charge in [0.1, 0.15) is 5.75 Å². The standard InChI is InChI=1S/C19H29N3O.HI/c1-23-17-10-3-2-9-16(17)19(11-4-5-12-19)14-22-18(20)21-13-15-7-6-8-15;/h2-3,9-10,15H,4-8,11-14H2,1H3,(H3,20,21,22);1H. The van der Waals surface area contributed by atoms with E-state index in [0.29, 0.717) is 5.96 Å². The summed E-state index contributed by atoms with van der Waals surface area (Å²) in [4.78, 5) is 4.69. The van der Waals surface area contributed by atoms with Gasteiger partial charge in [-0.3, -0.25) is 4.99 Å². The first kappa shape index (κ1) is 19.3. The van der Waals surface area contributed by atoms with E-state index >= 15 is 0 Å². The summed E-state index contributed by atoms with van der Waals surface area (Å²) in [6.45, 7) is 1.72. The van der Waals surface area contributed by atoms with E-state index in [4.69, 9.17) is 10.5 Å². The highest BCUT2D eigenvalue weighted by Gasteiger charge is 2.37. The van der Waals surface area contributed by atoms with Crippen LogP contribution in [0.2, 0.25) is 0 Å². The minimum atomic E-state index is 0. The molecule has 2 saturated carbocycles. The molecule has 0 unspecified atom stereocenters. The quantitative estimate of drug-likeness (QED) is 0.399. The van der Waals surface area contributed by atoms with E-state index in [0.717, 1.165) is 37.6 Å². The van der Waals surface area contributed by atoms with Crippen molar-refractivity contribution in [3.05, 3.63) is 29.8 Å². The summed E-state index contributed by atoms with van der Waals surface area (Å²) < 4.78 is 5.60. The fourth-order valence-electron chi connectivity index (χ4n) is 3.89. The Balaban J connectivity index is 0.00000208. The molecule has 0 radical (unpaired) electrons. The summed E-state index contributed by atoms with van der Waals surface area (Å²) in [6, 6.07) is 8.37. The lowest BCUT2D eigenvalue weighted by Crippen LogP contribution is -2.38. The molecule has 2 fully saturated rings. The number of guanidine groups is 1. The number of hydrogen-bond acceptors (Lipinski definition) is 2. The van der Waals surface area contributed by atoms with E-state index < -0.39 is 0 Å². The summed E-state index contributed by atoms with van der Waals surface area (Å²) in [6.07, 6.45) is 8.84. The summed E-state index contributed by atoms with van der Waals surface area (Å²) >= 11 is 0. The number of aliphatic imine (C=N–C) groups is 1. The molecular weight excluding hydrogens is 413 g/mol. The molecule has 0 saturated heterocycles. The molecule has 24 heavy (non-hydrogen) atoms. The van der Waals surface area contributed by atoms with Crippen LogP contribution in [0.15, 0.2) is 29.3 Å². The van der Waals surface area contributed by atoms with Crippen LogP contribution >= 0.6 is 24.0 Å². The Bertz CT molecular complexity index is 551. The highest BCUT2D eigenvalue weighted by Crippen LogP contribution is 2.44. The third-order valence-electron chi connectivity index (χ3n) is 5.59. The molecule has 0 aliphatic heterocycles. The molecule has 134 valence electrons. The van der Waals surface area contributed by atoms with Gasteiger partial charge in [0, 0.05) is 17.5 Å². The Morgan fingerprint density at radius 1 is 1.25 bits per heavy atom. The van der Waals surface area contributed by atoms with E-state index in [1.807, 2.05) is 6.07 Å². The van der Waals surface area contributed by atoms with Crippen molar-refractivity contribution in [1.29, 1.82) is 0 Å². The van der Waals surface area contributed by atoms with E-state index in [9.17, 15) is 0 Å². The summed E-state index contributed by atoms with van der Waals surface area (Å²) in [5.41, 5.74) is 7.46. The lowest BCUT2D eigenvalue weighted by molar-refractivity contribution is 0.315. The predicted molar refractivity (Wildman–Crippen MR) is 110 cm³/mol. The maximum absolute atomic E-state index is 6.09. The number of methoxy groups -OCH3 is 1. The summed E-state index contributed by atoms with van der Waals surface area (Å²) in [5, 5.41) is 3.30. The maximum atomic E-state index is 6.09. The van der Waals surface area contributed by atoms with E-state index in [1.54, 1.807) is 7.11 Å². The number of nitrogens with one attached hydrogen (secondary N) is 1. The second-order valence-corrected chi connectivity index (χ2v) is 7.07. The van der Waals surface area contributed by atoms with Gasteiger partial charge in [-0.05, 0) is 37.7 Å². The summed E-state index contributed by atoms with van der Waals surface area (Å²) in [7, 11) is 1.75. The zero-order chi connectivity index (χ0) is 16.1. The number of rotatable bonds is 6. The molecule has 2 aliphatic rings. The molecule has 5 heteroatoms. The number of para-hydroxylation sites is 1. The molecule has 1 aromatic carbocycles. The first-order valence-electron chi connectivity index (χ1n) is 8.91. The third-order valence-corrected chi connectivity index (χ3v) is 5.59. The normalized spacial score (nSPS) is 20.1. The lowest BCUT2D eigenvalue weighted by Gasteiger charge is -2.30. The molecule has 3 rings (SSSR count). The highest BCUT2D eigenvalue weighted by atomic mass is 127. The number of halogens is 1. The van der Waals surface area contributed by atoms with Crippen LogP contribution in [0.25, 0.3) is 0 Å². The van der Waals surface area contributed by atoms with Crippen LogP contribution in [-0.4, -0.2) is 26.2 Å². The molecule has 4 nitrogen and oxygen atoms in total. The molecule has 0 atom stereocenters. The Kier molecular flexibility index (Phi) is 7.19. The molecule has 1 aromatic rings. The Labute approximate surface area is 162 Å². The average molecular weight is 443 g/mol. The van der Waals surface area contributed by atoms with Gasteiger partial charge in [0.15, 0.2) is 5.96 Å². The molecule has 0 amide bonds. The molecule has 0 spiro atoms. The van der Waals surface area contributed by atoms with Crippen LogP contribution in [0.1, 0.15) is 50.5 Å². The minimum Gasteiger partial charge on any atom is -0.496 e. The van der Waals surface area contributed by atoms with Crippen molar-refractivity contribution in [3.63, 3.8) is 0 Å². The van der Waals surface area contributed by atoms with Crippen LogP contribution in [0.5, 0.6) is 5.75 Å². The molecular formula is C19H30IN3O. The van der Waals surface area contributed by atoms with Gasteiger partial charge >= 0.3 is 0 Å². The van der Waals surface area contributed by atoms with Crippen molar-refractivity contribution in [2.75, 3.05) is 20.2 Å². The van der Waals surface area contributed by atoms with Gasteiger partial charge in [0.25, 0.3) is 0 Å². The van der Waals surface area contributed by atoms with Crippen LogP contribution in [0, 0.1) is 5.92 Å². The van der Waals surface area contributed by atoms with Crippen molar-refractivity contribution in [2.24, 2.45) is 16.6 Å². The van der Waals surface area contributed by atoms with Gasteiger partial charge < -0.3 is 15.8 Å². The Morgan fingerprint density at radius 2 is 1.96 bits per heavy atom. The van der Waals surface area contributed by atoms with Gasteiger partial charge in [-0.25, -0.2) is 0 Å². The predicted octanol–water partition coefficient (Wildman–Crippen LogP) is 3.83.